The summed E-state index contributed by atoms with van der Waals surface area (Å²) in [6, 6.07) is 4.50. The summed E-state index contributed by atoms with van der Waals surface area (Å²) in [4.78, 5) is 55.7. The van der Waals surface area contributed by atoms with Crippen LogP contribution in [0.3, 0.4) is 0 Å². The quantitative estimate of drug-likeness (QED) is 0.532. The summed E-state index contributed by atoms with van der Waals surface area (Å²) in [5.74, 6) is -1.20. The van der Waals surface area contributed by atoms with E-state index in [1.165, 1.54) is 6.42 Å². The predicted molar refractivity (Wildman–Crippen MR) is 123 cm³/mol. The van der Waals surface area contributed by atoms with Gasteiger partial charge in [-0.25, -0.2) is 0 Å². The van der Waals surface area contributed by atoms with Crippen molar-refractivity contribution in [1.82, 2.24) is 15.1 Å². The molecule has 1 unspecified atom stereocenters. The van der Waals surface area contributed by atoms with Crippen molar-refractivity contribution in [3.8, 4) is 0 Å². The number of amides is 4. The smallest absolute Gasteiger partial charge is 0.262 e. The minimum Gasteiger partial charge on any atom is -0.371 e. The van der Waals surface area contributed by atoms with Gasteiger partial charge in [-0.15, -0.1) is 11.6 Å². The van der Waals surface area contributed by atoms with Gasteiger partial charge < -0.3 is 9.80 Å². The van der Waals surface area contributed by atoms with Gasteiger partial charge in [0, 0.05) is 37.6 Å². The van der Waals surface area contributed by atoms with Crippen LogP contribution in [0.2, 0.25) is 0 Å². The number of likely N-dealkylation sites (tertiary alicyclic amines) is 1. The molecule has 4 aliphatic rings. The first kappa shape index (κ1) is 22.3. The number of fused-ring (bicyclic) bond motifs is 1. The Morgan fingerprint density at radius 1 is 1.00 bits per heavy atom. The number of anilines is 1. The van der Waals surface area contributed by atoms with Gasteiger partial charge in [-0.05, 0) is 68.8 Å². The van der Waals surface area contributed by atoms with Gasteiger partial charge in [0.2, 0.25) is 11.8 Å². The van der Waals surface area contributed by atoms with Crippen LogP contribution in [-0.2, 0) is 9.59 Å². The van der Waals surface area contributed by atoms with E-state index in [0.717, 1.165) is 62.6 Å². The summed E-state index contributed by atoms with van der Waals surface area (Å²) in [6.07, 6.45) is 4.88. The molecule has 1 aromatic rings. The Hall–Kier alpha value is -2.45. The van der Waals surface area contributed by atoms with Crippen molar-refractivity contribution in [2.45, 2.75) is 44.6 Å². The summed E-state index contributed by atoms with van der Waals surface area (Å²) in [5.41, 5.74) is 1.90. The van der Waals surface area contributed by atoms with Crippen molar-refractivity contribution in [2.24, 2.45) is 5.41 Å². The number of piperidine rings is 3. The van der Waals surface area contributed by atoms with Gasteiger partial charge in [0.25, 0.3) is 11.8 Å². The molecule has 1 N–H and O–H groups in total. The van der Waals surface area contributed by atoms with E-state index in [9.17, 15) is 19.2 Å². The molecule has 5 rings (SSSR count). The molecule has 3 saturated heterocycles. The second kappa shape index (κ2) is 8.72. The van der Waals surface area contributed by atoms with E-state index in [2.05, 4.69) is 15.1 Å². The third-order valence-electron chi connectivity index (χ3n) is 7.77. The first-order valence-electron chi connectivity index (χ1n) is 11.8. The van der Waals surface area contributed by atoms with Crippen LogP contribution < -0.4 is 10.2 Å². The third kappa shape index (κ3) is 4.04. The Morgan fingerprint density at radius 2 is 1.76 bits per heavy atom. The lowest BCUT2D eigenvalue weighted by molar-refractivity contribution is -0.136. The molecular weight excluding hydrogens is 444 g/mol. The number of nitrogens with zero attached hydrogens (tertiary/aromatic N) is 3. The predicted octanol–water partition coefficient (Wildman–Crippen LogP) is 2.01. The molecule has 0 radical (unpaired) electrons. The highest BCUT2D eigenvalue weighted by molar-refractivity contribution is 6.23. The first-order valence-corrected chi connectivity index (χ1v) is 12.3. The summed E-state index contributed by atoms with van der Waals surface area (Å²) in [6.45, 7) is 4.94. The van der Waals surface area contributed by atoms with Crippen LogP contribution >= 0.6 is 11.6 Å². The molecular formula is C24H29ClN4O4. The van der Waals surface area contributed by atoms with Crippen LogP contribution in [0.15, 0.2) is 18.2 Å². The monoisotopic (exact) mass is 472 g/mol. The Morgan fingerprint density at radius 3 is 2.48 bits per heavy atom. The van der Waals surface area contributed by atoms with Crippen molar-refractivity contribution in [2.75, 3.05) is 43.5 Å². The Kier molecular flexibility index (Phi) is 5.91. The number of imide groups is 2. The maximum atomic E-state index is 13.2. The number of carbonyl (C=O) groups excluding carboxylic acids is 4. The number of benzene rings is 1. The molecule has 1 spiro atoms. The molecule has 176 valence electrons. The van der Waals surface area contributed by atoms with Crippen molar-refractivity contribution in [1.29, 1.82) is 0 Å². The molecule has 1 atom stereocenters. The largest absolute Gasteiger partial charge is 0.371 e. The van der Waals surface area contributed by atoms with Crippen LogP contribution in [0.5, 0.6) is 0 Å². The zero-order valence-electron chi connectivity index (χ0n) is 18.6. The second-order valence-corrected chi connectivity index (χ2v) is 10.1. The zero-order valence-corrected chi connectivity index (χ0v) is 19.4. The van der Waals surface area contributed by atoms with Gasteiger partial charge in [-0.2, -0.15) is 0 Å². The normalized spacial score (nSPS) is 25.5. The van der Waals surface area contributed by atoms with E-state index < -0.39 is 23.8 Å². The second-order valence-electron chi connectivity index (χ2n) is 9.73. The van der Waals surface area contributed by atoms with Gasteiger partial charge in [0.15, 0.2) is 0 Å². The number of hydrogen-bond acceptors (Lipinski definition) is 6. The van der Waals surface area contributed by atoms with Crippen LogP contribution in [-0.4, -0.2) is 78.1 Å². The molecule has 0 saturated carbocycles. The lowest BCUT2D eigenvalue weighted by Gasteiger charge is -2.48. The highest BCUT2D eigenvalue weighted by atomic mass is 35.5. The molecule has 8 nitrogen and oxygen atoms in total. The SMILES string of the molecule is O=C1CCC(N2C(=O)c3ccc(N4CCCC5(CCN(CCCl)CC5)C4)cc3C2=O)C(=O)N1. The topological polar surface area (TPSA) is 90.0 Å². The molecule has 4 aliphatic heterocycles. The third-order valence-corrected chi connectivity index (χ3v) is 7.94. The number of carbonyl (C=O) groups is 4. The van der Waals surface area contributed by atoms with Gasteiger partial charge >= 0.3 is 0 Å². The van der Waals surface area contributed by atoms with Crippen molar-refractivity contribution in [3.05, 3.63) is 29.3 Å². The number of rotatable bonds is 4. The fraction of sp³-hybridized carbons (Fsp3) is 0.583. The number of hydrogen-bond donors (Lipinski definition) is 1. The van der Waals surface area contributed by atoms with Gasteiger partial charge in [0.05, 0.1) is 11.1 Å². The maximum Gasteiger partial charge on any atom is 0.262 e. The Bertz CT molecular complexity index is 1000. The molecule has 0 bridgehead atoms. The number of alkyl halides is 1. The van der Waals surface area contributed by atoms with E-state index in [0.29, 0.717) is 17.0 Å². The molecule has 3 fully saturated rings. The minimum absolute atomic E-state index is 0.118. The molecule has 0 aliphatic carbocycles. The average Bonchev–Trinajstić information content (AvgIpc) is 3.06. The van der Waals surface area contributed by atoms with E-state index in [4.69, 9.17) is 11.6 Å². The number of nitrogens with one attached hydrogen (secondary N) is 1. The summed E-state index contributed by atoms with van der Waals surface area (Å²) in [5, 5.41) is 2.24. The summed E-state index contributed by atoms with van der Waals surface area (Å²) in [7, 11) is 0. The van der Waals surface area contributed by atoms with Crippen molar-refractivity contribution >= 4 is 40.9 Å². The number of halogens is 1. The first-order chi connectivity index (χ1) is 15.9. The van der Waals surface area contributed by atoms with E-state index in [1.807, 2.05) is 12.1 Å². The van der Waals surface area contributed by atoms with Crippen LogP contribution in [0.1, 0.15) is 59.2 Å². The van der Waals surface area contributed by atoms with Crippen LogP contribution in [0.4, 0.5) is 5.69 Å². The zero-order chi connectivity index (χ0) is 23.2. The standard InChI is InChI=1S/C24H29ClN4O4/c25-9-13-27-11-7-24(8-12-27)6-1-10-28(15-24)16-2-3-17-18(14-16)23(33)29(22(17)32)19-4-5-20(30)26-21(19)31/h2-3,14,19H,1,4-13,15H2,(H,26,30,31). The maximum absolute atomic E-state index is 13.2. The van der Waals surface area contributed by atoms with Gasteiger partial charge in [0.1, 0.15) is 6.04 Å². The Labute approximate surface area is 198 Å². The lowest BCUT2D eigenvalue weighted by atomic mass is 9.72. The van der Waals surface area contributed by atoms with E-state index in [1.54, 1.807) is 6.07 Å². The summed E-state index contributed by atoms with van der Waals surface area (Å²) >= 11 is 5.92. The van der Waals surface area contributed by atoms with Crippen molar-refractivity contribution < 1.29 is 19.2 Å². The fourth-order valence-corrected chi connectivity index (χ4v) is 6.10. The molecule has 1 aromatic carbocycles. The molecule has 4 heterocycles. The van der Waals surface area contributed by atoms with Gasteiger partial charge in [-0.3, -0.25) is 29.4 Å². The van der Waals surface area contributed by atoms with E-state index >= 15 is 0 Å². The highest BCUT2D eigenvalue weighted by Crippen LogP contribution is 2.41. The highest BCUT2D eigenvalue weighted by Gasteiger charge is 2.45. The van der Waals surface area contributed by atoms with E-state index in [-0.39, 0.29) is 24.2 Å². The summed E-state index contributed by atoms with van der Waals surface area (Å²) < 4.78 is 0. The molecule has 4 amide bonds. The lowest BCUT2D eigenvalue weighted by Crippen LogP contribution is -2.54. The minimum atomic E-state index is -0.935. The molecule has 33 heavy (non-hydrogen) atoms. The molecule has 0 aromatic heterocycles. The Balaban J connectivity index is 1.33. The van der Waals surface area contributed by atoms with Crippen molar-refractivity contribution in [3.63, 3.8) is 0 Å². The molecule has 9 heteroatoms. The average molecular weight is 473 g/mol. The van der Waals surface area contributed by atoms with Crippen LogP contribution in [0, 0.1) is 5.41 Å². The van der Waals surface area contributed by atoms with Gasteiger partial charge in [-0.1, -0.05) is 0 Å². The van der Waals surface area contributed by atoms with Crippen LogP contribution in [0.25, 0.3) is 0 Å². The fourth-order valence-electron chi connectivity index (χ4n) is 5.86.